The fourth-order valence-electron chi connectivity index (χ4n) is 3.17. The minimum atomic E-state index is 0.698. The first-order chi connectivity index (χ1) is 7.84. The van der Waals surface area contributed by atoms with Crippen LogP contribution in [0.4, 0.5) is 0 Å². The van der Waals surface area contributed by atoms with Gasteiger partial charge < -0.3 is 4.57 Å². The van der Waals surface area contributed by atoms with Crippen LogP contribution in [0.3, 0.4) is 0 Å². The maximum atomic E-state index is 4.47. The molecule has 0 spiro atoms. The minimum absolute atomic E-state index is 0.698. The fraction of sp³-hybridized carbons (Fsp3) is 0.846. The van der Waals surface area contributed by atoms with Gasteiger partial charge >= 0.3 is 0 Å². The van der Waals surface area contributed by atoms with Crippen molar-refractivity contribution in [3.05, 3.63) is 11.6 Å². The Hall–Kier alpha value is -0.860. The largest absolute Gasteiger partial charge is 0.315 e. The molecule has 1 saturated carbocycles. The predicted molar refractivity (Wildman–Crippen MR) is 63.3 cm³/mol. The minimum Gasteiger partial charge on any atom is -0.315 e. The van der Waals surface area contributed by atoms with Crippen LogP contribution < -0.4 is 0 Å². The van der Waals surface area contributed by atoms with Gasteiger partial charge in [-0.25, -0.2) is 0 Å². The summed E-state index contributed by atoms with van der Waals surface area (Å²) < 4.78 is 2.41. The average Bonchev–Trinajstić information content (AvgIpc) is 2.73. The van der Waals surface area contributed by atoms with Crippen molar-refractivity contribution >= 4 is 0 Å². The summed E-state index contributed by atoms with van der Waals surface area (Å²) >= 11 is 0. The Morgan fingerprint density at radius 1 is 1.06 bits per heavy atom. The molecule has 3 rings (SSSR count). The van der Waals surface area contributed by atoms with Crippen molar-refractivity contribution in [1.29, 1.82) is 0 Å². The maximum absolute atomic E-state index is 4.47. The van der Waals surface area contributed by atoms with E-state index in [0.717, 1.165) is 18.9 Å². The molecule has 2 aliphatic rings. The molecule has 1 fully saturated rings. The summed E-state index contributed by atoms with van der Waals surface area (Å²) in [5.41, 5.74) is 0. The molecule has 0 aromatic carbocycles. The standard InChI is InChI=1S/C13H21N3/c1-10-7-8-16-12(9-10)14-15-13(16)11-5-3-2-4-6-11/h10-11H,2-9H2,1H3. The topological polar surface area (TPSA) is 30.7 Å². The van der Waals surface area contributed by atoms with E-state index >= 15 is 0 Å². The highest BCUT2D eigenvalue weighted by Gasteiger charge is 2.25. The maximum Gasteiger partial charge on any atom is 0.136 e. The summed E-state index contributed by atoms with van der Waals surface area (Å²) in [6.07, 6.45) is 9.24. The monoisotopic (exact) mass is 219 g/mol. The number of fused-ring (bicyclic) bond motifs is 1. The van der Waals surface area contributed by atoms with Crippen LogP contribution in [-0.4, -0.2) is 14.8 Å². The zero-order valence-corrected chi connectivity index (χ0v) is 10.2. The van der Waals surface area contributed by atoms with E-state index in [9.17, 15) is 0 Å². The van der Waals surface area contributed by atoms with Gasteiger partial charge in [-0.05, 0) is 25.2 Å². The second-order valence-electron chi connectivity index (χ2n) is 5.56. The molecule has 0 saturated heterocycles. The van der Waals surface area contributed by atoms with Gasteiger partial charge in [0.15, 0.2) is 0 Å². The van der Waals surface area contributed by atoms with Crippen LogP contribution in [0.2, 0.25) is 0 Å². The lowest BCUT2D eigenvalue weighted by molar-refractivity contribution is 0.372. The molecule has 1 aromatic heterocycles. The van der Waals surface area contributed by atoms with Gasteiger partial charge in [-0.3, -0.25) is 0 Å². The first-order valence-electron chi connectivity index (χ1n) is 6.76. The summed E-state index contributed by atoms with van der Waals surface area (Å²) in [6.45, 7) is 3.47. The van der Waals surface area contributed by atoms with Gasteiger partial charge in [0.25, 0.3) is 0 Å². The Labute approximate surface area is 97.3 Å². The van der Waals surface area contributed by atoms with Crippen molar-refractivity contribution < 1.29 is 0 Å². The lowest BCUT2D eigenvalue weighted by Crippen LogP contribution is -2.21. The van der Waals surface area contributed by atoms with Gasteiger partial charge in [-0.15, -0.1) is 10.2 Å². The van der Waals surface area contributed by atoms with Gasteiger partial charge in [-0.2, -0.15) is 0 Å². The van der Waals surface area contributed by atoms with Crippen molar-refractivity contribution in [3.8, 4) is 0 Å². The Morgan fingerprint density at radius 3 is 2.69 bits per heavy atom. The van der Waals surface area contributed by atoms with E-state index in [4.69, 9.17) is 0 Å². The Morgan fingerprint density at radius 2 is 1.88 bits per heavy atom. The smallest absolute Gasteiger partial charge is 0.136 e. The van der Waals surface area contributed by atoms with Crippen molar-refractivity contribution in [2.24, 2.45) is 5.92 Å². The molecular weight excluding hydrogens is 198 g/mol. The summed E-state index contributed by atoms with van der Waals surface area (Å²) in [5.74, 6) is 4.01. The third-order valence-electron chi connectivity index (χ3n) is 4.20. The van der Waals surface area contributed by atoms with Crippen LogP contribution >= 0.6 is 0 Å². The van der Waals surface area contributed by atoms with E-state index in [1.165, 1.54) is 50.2 Å². The Bertz CT molecular complexity index is 363. The Balaban J connectivity index is 1.85. The molecule has 0 radical (unpaired) electrons. The summed E-state index contributed by atoms with van der Waals surface area (Å²) in [4.78, 5) is 0. The Kier molecular flexibility index (Phi) is 2.70. The molecule has 3 heteroatoms. The van der Waals surface area contributed by atoms with E-state index in [0.29, 0.717) is 5.92 Å². The van der Waals surface area contributed by atoms with Crippen molar-refractivity contribution in [1.82, 2.24) is 14.8 Å². The highest BCUT2D eigenvalue weighted by molar-refractivity contribution is 5.05. The summed E-state index contributed by atoms with van der Waals surface area (Å²) in [7, 11) is 0. The number of rotatable bonds is 1. The molecule has 1 aromatic rings. The first kappa shape index (κ1) is 10.3. The number of nitrogens with zero attached hydrogens (tertiary/aromatic N) is 3. The zero-order valence-electron chi connectivity index (χ0n) is 10.2. The van der Waals surface area contributed by atoms with Gasteiger partial charge in [-0.1, -0.05) is 26.2 Å². The quantitative estimate of drug-likeness (QED) is 0.727. The number of hydrogen-bond acceptors (Lipinski definition) is 2. The third-order valence-corrected chi connectivity index (χ3v) is 4.20. The molecule has 0 amide bonds. The second kappa shape index (κ2) is 4.19. The van der Waals surface area contributed by atoms with E-state index < -0.39 is 0 Å². The first-order valence-corrected chi connectivity index (χ1v) is 6.76. The van der Waals surface area contributed by atoms with E-state index in [1.807, 2.05) is 0 Å². The second-order valence-corrected chi connectivity index (χ2v) is 5.56. The van der Waals surface area contributed by atoms with Crippen LogP contribution in [0.5, 0.6) is 0 Å². The molecule has 1 aliphatic carbocycles. The van der Waals surface area contributed by atoms with Crippen LogP contribution in [-0.2, 0) is 13.0 Å². The third kappa shape index (κ3) is 1.76. The van der Waals surface area contributed by atoms with Crippen LogP contribution in [0, 0.1) is 5.92 Å². The molecule has 0 bridgehead atoms. The highest BCUT2D eigenvalue weighted by Crippen LogP contribution is 2.33. The molecule has 2 heterocycles. The molecule has 3 nitrogen and oxygen atoms in total. The van der Waals surface area contributed by atoms with E-state index in [1.54, 1.807) is 0 Å². The van der Waals surface area contributed by atoms with Crippen molar-refractivity contribution in [2.45, 2.75) is 64.3 Å². The molecule has 0 N–H and O–H groups in total. The number of aromatic nitrogens is 3. The highest BCUT2D eigenvalue weighted by atomic mass is 15.3. The van der Waals surface area contributed by atoms with E-state index in [-0.39, 0.29) is 0 Å². The molecule has 16 heavy (non-hydrogen) atoms. The van der Waals surface area contributed by atoms with Crippen LogP contribution in [0.1, 0.15) is 63.0 Å². The van der Waals surface area contributed by atoms with Gasteiger partial charge in [0.1, 0.15) is 11.6 Å². The normalized spacial score (nSPS) is 26.7. The molecular formula is C13H21N3. The number of hydrogen-bond donors (Lipinski definition) is 0. The molecule has 1 atom stereocenters. The molecule has 1 unspecified atom stereocenters. The molecule has 88 valence electrons. The van der Waals surface area contributed by atoms with E-state index in [2.05, 4.69) is 21.7 Å². The lowest BCUT2D eigenvalue weighted by Gasteiger charge is -2.25. The molecule has 1 aliphatic heterocycles. The summed E-state index contributed by atoms with van der Waals surface area (Å²) in [5, 5.41) is 8.86. The fourth-order valence-corrected chi connectivity index (χ4v) is 3.17. The van der Waals surface area contributed by atoms with Crippen LogP contribution in [0.25, 0.3) is 0 Å². The summed E-state index contributed by atoms with van der Waals surface area (Å²) in [6, 6.07) is 0. The van der Waals surface area contributed by atoms with Gasteiger partial charge in [0, 0.05) is 18.9 Å². The average molecular weight is 219 g/mol. The van der Waals surface area contributed by atoms with Crippen molar-refractivity contribution in [2.75, 3.05) is 0 Å². The van der Waals surface area contributed by atoms with Crippen LogP contribution in [0.15, 0.2) is 0 Å². The lowest BCUT2D eigenvalue weighted by atomic mass is 9.88. The van der Waals surface area contributed by atoms with Gasteiger partial charge in [0.2, 0.25) is 0 Å². The SMILES string of the molecule is CC1CCn2c(nnc2C2CCCCC2)C1. The predicted octanol–water partition coefficient (Wildman–Crippen LogP) is 2.91. The zero-order chi connectivity index (χ0) is 11.0. The van der Waals surface area contributed by atoms with Gasteiger partial charge in [0.05, 0.1) is 0 Å². The van der Waals surface area contributed by atoms with Crippen molar-refractivity contribution in [3.63, 3.8) is 0 Å².